The lowest BCUT2D eigenvalue weighted by Gasteiger charge is -2.21. The summed E-state index contributed by atoms with van der Waals surface area (Å²) in [5.74, 6) is 0. The monoisotopic (exact) mass is 298 g/mol. The topological polar surface area (TPSA) is 61.4 Å². The van der Waals surface area contributed by atoms with Crippen molar-refractivity contribution >= 4 is 17.4 Å². The molecule has 114 valence electrons. The van der Waals surface area contributed by atoms with Crippen LogP contribution in [0.4, 0.5) is 4.79 Å². The molecule has 0 aromatic carbocycles. The molecule has 1 aromatic heterocycles. The number of nitrogens with one attached hydrogen (secondary N) is 2. The molecule has 0 aliphatic carbocycles. The highest BCUT2D eigenvalue weighted by Gasteiger charge is 2.15. The van der Waals surface area contributed by atoms with Gasteiger partial charge in [-0.3, -0.25) is 0 Å². The van der Waals surface area contributed by atoms with E-state index in [1.165, 1.54) is 9.75 Å². The largest absolute Gasteiger partial charge is 0.396 e. The first-order chi connectivity index (χ1) is 9.46. The average Bonchev–Trinajstić information content (AvgIpc) is 2.89. The van der Waals surface area contributed by atoms with Crippen LogP contribution in [0.15, 0.2) is 12.1 Å². The van der Waals surface area contributed by atoms with E-state index in [2.05, 4.69) is 29.7 Å². The summed E-state index contributed by atoms with van der Waals surface area (Å²) in [6.45, 7) is 7.57. The highest BCUT2D eigenvalue weighted by atomic mass is 32.1. The van der Waals surface area contributed by atoms with Crippen LogP contribution in [0.3, 0.4) is 0 Å². The molecule has 1 rings (SSSR count). The van der Waals surface area contributed by atoms with Crippen molar-refractivity contribution in [2.75, 3.05) is 13.2 Å². The summed E-state index contributed by atoms with van der Waals surface area (Å²) in [6.07, 6.45) is 2.81. The molecule has 0 bridgehead atoms. The zero-order chi connectivity index (χ0) is 15.0. The van der Waals surface area contributed by atoms with Crippen molar-refractivity contribution in [2.24, 2.45) is 5.41 Å². The van der Waals surface area contributed by atoms with E-state index in [0.29, 0.717) is 13.1 Å². The normalized spacial score (nSPS) is 11.4. The third-order valence-corrected chi connectivity index (χ3v) is 4.46. The van der Waals surface area contributed by atoms with Crippen LogP contribution in [0, 0.1) is 5.41 Å². The maximum atomic E-state index is 11.6. The third kappa shape index (κ3) is 6.39. The second kappa shape index (κ2) is 8.27. The van der Waals surface area contributed by atoms with Gasteiger partial charge in [-0.15, -0.1) is 11.3 Å². The van der Waals surface area contributed by atoms with E-state index in [1.54, 1.807) is 11.3 Å². The van der Waals surface area contributed by atoms with Crippen LogP contribution in [0.2, 0.25) is 0 Å². The number of carbonyl (C=O) groups excluding carboxylic acids is 1. The molecular weight excluding hydrogens is 272 g/mol. The Hall–Kier alpha value is -1.07. The predicted octanol–water partition coefficient (Wildman–Crippen LogP) is 2.91. The smallest absolute Gasteiger partial charge is 0.315 e. The van der Waals surface area contributed by atoms with Crippen molar-refractivity contribution in [1.82, 2.24) is 10.6 Å². The Balaban J connectivity index is 2.14. The van der Waals surface area contributed by atoms with Gasteiger partial charge in [0.05, 0.1) is 6.54 Å². The molecule has 1 heterocycles. The summed E-state index contributed by atoms with van der Waals surface area (Å²) in [4.78, 5) is 14.1. The number of hydrogen-bond donors (Lipinski definition) is 3. The van der Waals surface area contributed by atoms with Gasteiger partial charge in [-0.2, -0.15) is 0 Å². The van der Waals surface area contributed by atoms with Crippen LogP contribution in [0.5, 0.6) is 0 Å². The summed E-state index contributed by atoms with van der Waals surface area (Å²) >= 11 is 1.74. The van der Waals surface area contributed by atoms with Crippen LogP contribution in [-0.4, -0.2) is 24.3 Å². The van der Waals surface area contributed by atoms with Crippen molar-refractivity contribution < 1.29 is 9.90 Å². The van der Waals surface area contributed by atoms with Gasteiger partial charge in [0.15, 0.2) is 0 Å². The quantitative estimate of drug-likeness (QED) is 0.646. The van der Waals surface area contributed by atoms with E-state index in [4.69, 9.17) is 5.11 Å². The van der Waals surface area contributed by atoms with Crippen molar-refractivity contribution in [3.63, 3.8) is 0 Å². The molecule has 0 saturated carbocycles. The molecule has 0 aliphatic heterocycles. The SMILES string of the molecule is CCc1ccc(CNC(=O)NCCCC(C)(C)CO)s1. The molecule has 4 nitrogen and oxygen atoms in total. The number of urea groups is 1. The second-order valence-corrected chi connectivity index (χ2v) is 7.01. The van der Waals surface area contributed by atoms with Gasteiger partial charge in [-0.1, -0.05) is 20.8 Å². The molecule has 0 atom stereocenters. The molecule has 2 amide bonds. The van der Waals surface area contributed by atoms with E-state index in [0.717, 1.165) is 19.3 Å². The number of hydrogen-bond acceptors (Lipinski definition) is 3. The Morgan fingerprint density at radius 2 is 2.00 bits per heavy atom. The molecule has 0 saturated heterocycles. The summed E-state index contributed by atoms with van der Waals surface area (Å²) in [5.41, 5.74) is -0.0638. The Kier molecular flexibility index (Phi) is 7.02. The van der Waals surface area contributed by atoms with Gasteiger partial charge >= 0.3 is 6.03 Å². The van der Waals surface area contributed by atoms with Crippen LogP contribution in [-0.2, 0) is 13.0 Å². The van der Waals surface area contributed by atoms with Crippen LogP contribution < -0.4 is 10.6 Å². The van der Waals surface area contributed by atoms with E-state index < -0.39 is 0 Å². The Labute approximate surface area is 125 Å². The molecule has 0 radical (unpaired) electrons. The first-order valence-electron chi connectivity index (χ1n) is 7.17. The molecular formula is C15H26N2O2S. The van der Waals surface area contributed by atoms with E-state index in [9.17, 15) is 4.79 Å². The standard InChI is InChI=1S/C15H26N2O2S/c1-4-12-6-7-13(20-12)10-17-14(19)16-9-5-8-15(2,3)11-18/h6-7,18H,4-5,8-11H2,1-3H3,(H2,16,17,19). The van der Waals surface area contributed by atoms with Crippen molar-refractivity contribution in [1.29, 1.82) is 0 Å². The lowest BCUT2D eigenvalue weighted by molar-refractivity contribution is 0.148. The van der Waals surface area contributed by atoms with Gasteiger partial charge in [-0.05, 0) is 36.8 Å². The number of aliphatic hydroxyl groups is 1. The minimum atomic E-state index is -0.127. The first-order valence-corrected chi connectivity index (χ1v) is 7.98. The highest BCUT2D eigenvalue weighted by molar-refractivity contribution is 7.11. The number of aryl methyl sites for hydroxylation is 1. The fraction of sp³-hybridized carbons (Fsp3) is 0.667. The highest BCUT2D eigenvalue weighted by Crippen LogP contribution is 2.20. The lowest BCUT2D eigenvalue weighted by atomic mass is 9.89. The Bertz CT molecular complexity index is 416. The first kappa shape index (κ1) is 17.0. The molecule has 20 heavy (non-hydrogen) atoms. The average molecular weight is 298 g/mol. The molecule has 0 unspecified atom stereocenters. The van der Waals surface area contributed by atoms with Gasteiger partial charge < -0.3 is 15.7 Å². The molecule has 0 spiro atoms. The number of amides is 2. The Morgan fingerprint density at radius 1 is 1.30 bits per heavy atom. The van der Waals surface area contributed by atoms with Crippen LogP contribution >= 0.6 is 11.3 Å². The maximum absolute atomic E-state index is 11.6. The fourth-order valence-corrected chi connectivity index (χ4v) is 2.68. The van der Waals surface area contributed by atoms with Crippen LogP contribution in [0.1, 0.15) is 43.4 Å². The third-order valence-electron chi connectivity index (χ3n) is 3.23. The predicted molar refractivity (Wildman–Crippen MR) is 84.0 cm³/mol. The minimum absolute atomic E-state index is 0.0638. The van der Waals surface area contributed by atoms with Crippen molar-refractivity contribution in [3.05, 3.63) is 21.9 Å². The lowest BCUT2D eigenvalue weighted by Crippen LogP contribution is -2.35. The van der Waals surface area contributed by atoms with Gasteiger partial charge in [-0.25, -0.2) is 4.79 Å². The van der Waals surface area contributed by atoms with Crippen molar-refractivity contribution in [3.8, 4) is 0 Å². The fourth-order valence-electron chi connectivity index (χ4n) is 1.79. The van der Waals surface area contributed by atoms with E-state index >= 15 is 0 Å². The van der Waals surface area contributed by atoms with Gasteiger partial charge in [0.25, 0.3) is 0 Å². The summed E-state index contributed by atoms with van der Waals surface area (Å²) in [6, 6.07) is 4.04. The van der Waals surface area contributed by atoms with Gasteiger partial charge in [0.2, 0.25) is 0 Å². The zero-order valence-electron chi connectivity index (χ0n) is 12.7. The zero-order valence-corrected chi connectivity index (χ0v) is 13.5. The number of aliphatic hydroxyl groups excluding tert-OH is 1. The number of rotatable bonds is 8. The molecule has 3 N–H and O–H groups in total. The molecule has 0 aliphatic rings. The maximum Gasteiger partial charge on any atom is 0.315 e. The molecule has 1 aromatic rings. The van der Waals surface area contributed by atoms with Gasteiger partial charge in [0.1, 0.15) is 0 Å². The summed E-state index contributed by atoms with van der Waals surface area (Å²) < 4.78 is 0. The van der Waals surface area contributed by atoms with E-state index in [1.807, 2.05) is 13.8 Å². The minimum Gasteiger partial charge on any atom is -0.396 e. The van der Waals surface area contributed by atoms with E-state index in [-0.39, 0.29) is 18.1 Å². The summed E-state index contributed by atoms with van der Waals surface area (Å²) in [7, 11) is 0. The number of carbonyl (C=O) groups is 1. The molecule has 0 fully saturated rings. The van der Waals surface area contributed by atoms with Crippen LogP contribution in [0.25, 0.3) is 0 Å². The van der Waals surface area contributed by atoms with Gasteiger partial charge in [0, 0.05) is 22.9 Å². The summed E-state index contributed by atoms with van der Waals surface area (Å²) in [5, 5.41) is 14.8. The van der Waals surface area contributed by atoms with Crippen molar-refractivity contribution in [2.45, 2.75) is 46.6 Å². The second-order valence-electron chi connectivity index (χ2n) is 5.76. The Morgan fingerprint density at radius 3 is 2.60 bits per heavy atom. The number of thiophene rings is 1. The molecule has 5 heteroatoms.